The van der Waals surface area contributed by atoms with Gasteiger partial charge in [0.2, 0.25) is 0 Å². The van der Waals surface area contributed by atoms with Crippen molar-refractivity contribution < 1.29 is 4.74 Å². The van der Waals surface area contributed by atoms with Gasteiger partial charge in [0.1, 0.15) is 5.75 Å². The topological polar surface area (TPSA) is 48.1 Å². The van der Waals surface area contributed by atoms with Gasteiger partial charge in [-0.25, -0.2) is 0 Å². The van der Waals surface area contributed by atoms with E-state index in [4.69, 9.17) is 10.5 Å². The molecule has 0 amide bonds. The fourth-order valence-corrected chi connectivity index (χ4v) is 1.20. The minimum atomic E-state index is 0.516. The summed E-state index contributed by atoms with van der Waals surface area (Å²) in [5, 5.41) is 0. The molecular formula is C10H14N2O. The molecule has 2 N–H and O–H groups in total. The number of aromatic nitrogens is 1. The van der Waals surface area contributed by atoms with E-state index in [2.05, 4.69) is 4.98 Å². The number of nitrogens with two attached hydrogens (primary N) is 1. The van der Waals surface area contributed by atoms with E-state index in [-0.39, 0.29) is 0 Å². The first-order chi connectivity index (χ1) is 6.40. The zero-order valence-corrected chi connectivity index (χ0v) is 7.57. The Bertz CT molecular complexity index is 284. The molecule has 0 spiro atoms. The highest BCUT2D eigenvalue weighted by Crippen LogP contribution is 2.29. The highest BCUT2D eigenvalue weighted by Gasteiger charge is 2.22. The first kappa shape index (κ1) is 8.51. The lowest BCUT2D eigenvalue weighted by atomic mass is 10.2. The minimum absolute atomic E-state index is 0.516. The van der Waals surface area contributed by atoms with Crippen molar-refractivity contribution in [2.75, 3.05) is 6.61 Å². The maximum atomic E-state index is 5.61. The standard InChI is InChI=1S/C10H14N2O/c11-5-9-3-4-12-6-10(9)13-7-8-1-2-8/h3-4,6,8H,1-2,5,7,11H2. The van der Waals surface area contributed by atoms with Crippen LogP contribution in [0.4, 0.5) is 0 Å². The molecule has 0 atom stereocenters. The molecule has 1 aliphatic carbocycles. The molecule has 1 saturated carbocycles. The van der Waals surface area contributed by atoms with Crippen molar-refractivity contribution >= 4 is 0 Å². The molecule has 3 nitrogen and oxygen atoms in total. The van der Waals surface area contributed by atoms with Crippen LogP contribution in [0.2, 0.25) is 0 Å². The Morgan fingerprint density at radius 3 is 3.08 bits per heavy atom. The SMILES string of the molecule is NCc1ccncc1OCC1CC1. The Hall–Kier alpha value is -1.09. The molecule has 3 heteroatoms. The maximum Gasteiger partial charge on any atom is 0.142 e. The van der Waals surface area contributed by atoms with Crippen LogP contribution in [-0.2, 0) is 6.54 Å². The number of ether oxygens (including phenoxy) is 1. The maximum absolute atomic E-state index is 5.61. The zero-order chi connectivity index (χ0) is 9.10. The lowest BCUT2D eigenvalue weighted by Gasteiger charge is -2.08. The van der Waals surface area contributed by atoms with Crippen LogP contribution in [0.5, 0.6) is 5.75 Å². The number of rotatable bonds is 4. The molecule has 13 heavy (non-hydrogen) atoms. The van der Waals surface area contributed by atoms with Gasteiger partial charge in [-0.3, -0.25) is 4.98 Å². The smallest absolute Gasteiger partial charge is 0.142 e. The van der Waals surface area contributed by atoms with Crippen molar-refractivity contribution in [1.29, 1.82) is 0 Å². The third-order valence-electron chi connectivity index (χ3n) is 2.26. The second-order valence-corrected chi connectivity index (χ2v) is 3.44. The fourth-order valence-electron chi connectivity index (χ4n) is 1.20. The highest BCUT2D eigenvalue weighted by molar-refractivity contribution is 5.29. The van der Waals surface area contributed by atoms with Crippen molar-refractivity contribution in [3.05, 3.63) is 24.0 Å². The summed E-state index contributed by atoms with van der Waals surface area (Å²) in [5.74, 6) is 1.61. The molecule has 0 aromatic carbocycles. The van der Waals surface area contributed by atoms with E-state index in [0.717, 1.165) is 23.8 Å². The molecule has 1 aromatic rings. The van der Waals surface area contributed by atoms with Crippen LogP contribution < -0.4 is 10.5 Å². The monoisotopic (exact) mass is 178 g/mol. The van der Waals surface area contributed by atoms with E-state index in [1.54, 1.807) is 12.4 Å². The van der Waals surface area contributed by atoms with Gasteiger partial charge in [-0.2, -0.15) is 0 Å². The van der Waals surface area contributed by atoms with Crippen LogP contribution in [0.3, 0.4) is 0 Å². The van der Waals surface area contributed by atoms with Gasteiger partial charge in [-0.05, 0) is 24.8 Å². The van der Waals surface area contributed by atoms with Crippen LogP contribution in [0, 0.1) is 5.92 Å². The van der Waals surface area contributed by atoms with Crippen molar-refractivity contribution in [1.82, 2.24) is 4.98 Å². The van der Waals surface area contributed by atoms with Crippen LogP contribution in [0.25, 0.3) is 0 Å². The number of hydrogen-bond acceptors (Lipinski definition) is 3. The molecule has 0 aliphatic heterocycles. The fraction of sp³-hybridized carbons (Fsp3) is 0.500. The summed E-state index contributed by atoms with van der Waals surface area (Å²) in [6, 6.07) is 1.90. The Morgan fingerprint density at radius 1 is 1.54 bits per heavy atom. The quantitative estimate of drug-likeness (QED) is 0.756. The first-order valence-electron chi connectivity index (χ1n) is 4.66. The lowest BCUT2D eigenvalue weighted by Crippen LogP contribution is -2.05. The highest BCUT2D eigenvalue weighted by atomic mass is 16.5. The Morgan fingerprint density at radius 2 is 2.38 bits per heavy atom. The normalized spacial score (nSPS) is 15.8. The van der Waals surface area contributed by atoms with Crippen LogP contribution >= 0.6 is 0 Å². The van der Waals surface area contributed by atoms with Gasteiger partial charge < -0.3 is 10.5 Å². The van der Waals surface area contributed by atoms with Crippen molar-refractivity contribution in [2.45, 2.75) is 19.4 Å². The summed E-state index contributed by atoms with van der Waals surface area (Å²) < 4.78 is 5.61. The Kier molecular flexibility index (Phi) is 2.45. The summed E-state index contributed by atoms with van der Waals surface area (Å²) in [7, 11) is 0. The van der Waals surface area contributed by atoms with Gasteiger partial charge in [-0.1, -0.05) is 0 Å². The molecule has 1 fully saturated rings. The van der Waals surface area contributed by atoms with Gasteiger partial charge in [-0.15, -0.1) is 0 Å². The number of nitrogens with zero attached hydrogens (tertiary/aromatic N) is 1. The Balaban J connectivity index is 1.99. The van der Waals surface area contributed by atoms with Gasteiger partial charge in [0.15, 0.2) is 0 Å². The molecule has 0 radical (unpaired) electrons. The van der Waals surface area contributed by atoms with E-state index in [1.807, 2.05) is 6.07 Å². The number of pyridine rings is 1. The molecule has 0 unspecified atom stereocenters. The molecule has 70 valence electrons. The molecule has 1 heterocycles. The molecular weight excluding hydrogens is 164 g/mol. The van der Waals surface area contributed by atoms with Crippen LogP contribution in [0.15, 0.2) is 18.5 Å². The second kappa shape index (κ2) is 3.75. The second-order valence-electron chi connectivity index (χ2n) is 3.44. The number of hydrogen-bond donors (Lipinski definition) is 1. The van der Waals surface area contributed by atoms with E-state index in [0.29, 0.717) is 6.54 Å². The van der Waals surface area contributed by atoms with Crippen LogP contribution in [0.1, 0.15) is 18.4 Å². The third kappa shape index (κ3) is 2.18. The predicted molar refractivity (Wildman–Crippen MR) is 50.3 cm³/mol. The molecule has 0 bridgehead atoms. The van der Waals surface area contributed by atoms with Gasteiger partial charge in [0.25, 0.3) is 0 Å². The van der Waals surface area contributed by atoms with E-state index >= 15 is 0 Å². The summed E-state index contributed by atoms with van der Waals surface area (Å²) in [6.45, 7) is 1.33. The molecule has 2 rings (SSSR count). The zero-order valence-electron chi connectivity index (χ0n) is 7.57. The van der Waals surface area contributed by atoms with E-state index < -0.39 is 0 Å². The van der Waals surface area contributed by atoms with E-state index in [1.165, 1.54) is 12.8 Å². The summed E-state index contributed by atoms with van der Waals surface area (Å²) >= 11 is 0. The van der Waals surface area contributed by atoms with Crippen molar-refractivity contribution in [3.8, 4) is 5.75 Å². The van der Waals surface area contributed by atoms with Gasteiger partial charge in [0.05, 0.1) is 12.8 Å². The average molecular weight is 178 g/mol. The minimum Gasteiger partial charge on any atom is -0.491 e. The summed E-state index contributed by atoms with van der Waals surface area (Å²) in [5.41, 5.74) is 6.60. The van der Waals surface area contributed by atoms with Crippen molar-refractivity contribution in [2.24, 2.45) is 11.7 Å². The van der Waals surface area contributed by atoms with E-state index in [9.17, 15) is 0 Å². The first-order valence-corrected chi connectivity index (χ1v) is 4.66. The van der Waals surface area contributed by atoms with Gasteiger partial charge >= 0.3 is 0 Å². The third-order valence-corrected chi connectivity index (χ3v) is 2.26. The molecule has 0 saturated heterocycles. The summed E-state index contributed by atoms with van der Waals surface area (Å²) in [6.07, 6.45) is 6.09. The lowest BCUT2D eigenvalue weighted by molar-refractivity contribution is 0.295. The largest absolute Gasteiger partial charge is 0.491 e. The molecule has 1 aliphatic rings. The van der Waals surface area contributed by atoms with Gasteiger partial charge in [0, 0.05) is 18.3 Å². The van der Waals surface area contributed by atoms with Crippen LogP contribution in [-0.4, -0.2) is 11.6 Å². The predicted octanol–water partition coefficient (Wildman–Crippen LogP) is 1.33. The Labute approximate surface area is 77.9 Å². The van der Waals surface area contributed by atoms with Crippen molar-refractivity contribution in [3.63, 3.8) is 0 Å². The average Bonchev–Trinajstić information content (AvgIpc) is 2.99. The summed E-state index contributed by atoms with van der Waals surface area (Å²) in [4.78, 5) is 4.01. The molecule has 1 aromatic heterocycles.